The van der Waals surface area contributed by atoms with Gasteiger partial charge in [-0.1, -0.05) is 12.1 Å². The van der Waals surface area contributed by atoms with Crippen molar-refractivity contribution in [3.63, 3.8) is 0 Å². The fourth-order valence-electron chi connectivity index (χ4n) is 2.63. The number of anilines is 1. The Morgan fingerprint density at radius 2 is 1.87 bits per heavy atom. The van der Waals surface area contributed by atoms with E-state index in [2.05, 4.69) is 38.0 Å². The third kappa shape index (κ3) is 5.23. The van der Waals surface area contributed by atoms with Crippen molar-refractivity contribution in [1.29, 1.82) is 0 Å². The molecular weight excluding hydrogens is 502 g/mol. The molecule has 0 unspecified atom stereocenters. The number of halogens is 2. The molecule has 9 heteroatoms. The molecule has 0 radical (unpaired) electrons. The van der Waals surface area contributed by atoms with Crippen molar-refractivity contribution in [3.8, 4) is 5.75 Å². The number of carbonyl (C=O) groups excluding carboxylic acids is 1. The Labute approximate surface area is 185 Å². The molecule has 152 valence electrons. The van der Waals surface area contributed by atoms with Crippen LogP contribution in [-0.4, -0.2) is 20.7 Å². The number of benzene rings is 2. The van der Waals surface area contributed by atoms with Gasteiger partial charge in [-0.25, -0.2) is 14.1 Å². The van der Waals surface area contributed by atoms with Crippen LogP contribution in [0.3, 0.4) is 0 Å². The van der Waals surface area contributed by atoms with Gasteiger partial charge >= 0.3 is 0 Å². The highest BCUT2D eigenvalue weighted by molar-refractivity contribution is 14.1. The van der Waals surface area contributed by atoms with E-state index >= 15 is 0 Å². The highest BCUT2D eigenvalue weighted by Crippen LogP contribution is 2.17. The second-order valence-corrected chi connectivity index (χ2v) is 7.60. The van der Waals surface area contributed by atoms with Gasteiger partial charge in [0, 0.05) is 3.57 Å². The van der Waals surface area contributed by atoms with Crippen molar-refractivity contribution in [1.82, 2.24) is 14.8 Å². The zero-order valence-corrected chi connectivity index (χ0v) is 17.7. The average molecular weight is 518 g/mol. The van der Waals surface area contributed by atoms with E-state index in [1.54, 1.807) is 28.9 Å². The van der Waals surface area contributed by atoms with Crippen LogP contribution >= 0.6 is 22.6 Å². The van der Waals surface area contributed by atoms with Crippen molar-refractivity contribution in [2.45, 2.75) is 13.2 Å². The minimum absolute atomic E-state index is 0.131. The number of nitrogens with zero attached hydrogens (tertiary/aromatic N) is 3. The summed E-state index contributed by atoms with van der Waals surface area (Å²) in [5.41, 5.74) is 0.864. The van der Waals surface area contributed by atoms with Crippen molar-refractivity contribution in [2.24, 2.45) is 0 Å². The lowest BCUT2D eigenvalue weighted by atomic mass is 10.2. The lowest BCUT2D eigenvalue weighted by Gasteiger charge is -2.04. The van der Waals surface area contributed by atoms with Crippen LogP contribution in [0.25, 0.3) is 0 Å². The molecule has 0 fully saturated rings. The first kappa shape index (κ1) is 20.1. The van der Waals surface area contributed by atoms with Gasteiger partial charge in [0.1, 0.15) is 30.3 Å². The number of aromatic nitrogens is 3. The topological polar surface area (TPSA) is 82.2 Å². The first-order valence-corrected chi connectivity index (χ1v) is 10.1. The lowest BCUT2D eigenvalue weighted by molar-refractivity contribution is 0.0991. The van der Waals surface area contributed by atoms with Gasteiger partial charge in [0.25, 0.3) is 5.91 Å². The zero-order chi connectivity index (χ0) is 20.9. The van der Waals surface area contributed by atoms with Crippen LogP contribution in [0, 0.1) is 9.39 Å². The predicted octanol–water partition coefficient (Wildman–Crippen LogP) is 4.49. The van der Waals surface area contributed by atoms with E-state index < -0.39 is 5.91 Å². The molecule has 30 heavy (non-hydrogen) atoms. The van der Waals surface area contributed by atoms with Gasteiger partial charge < -0.3 is 9.15 Å². The van der Waals surface area contributed by atoms with E-state index in [0.29, 0.717) is 18.1 Å². The van der Waals surface area contributed by atoms with E-state index in [-0.39, 0.29) is 24.1 Å². The summed E-state index contributed by atoms with van der Waals surface area (Å²) >= 11 is 2.22. The molecule has 0 bridgehead atoms. The van der Waals surface area contributed by atoms with E-state index in [1.807, 2.05) is 24.3 Å². The minimum atomic E-state index is -0.463. The van der Waals surface area contributed by atoms with Crippen LogP contribution in [0.1, 0.15) is 21.9 Å². The van der Waals surface area contributed by atoms with Crippen LogP contribution in [0.5, 0.6) is 5.75 Å². The van der Waals surface area contributed by atoms with Gasteiger partial charge in [-0.15, -0.1) is 5.10 Å². The summed E-state index contributed by atoms with van der Waals surface area (Å²) in [5.74, 6) is 0.755. The molecule has 0 spiro atoms. The Morgan fingerprint density at radius 1 is 1.10 bits per heavy atom. The number of ether oxygens (including phenoxy) is 1. The molecular formula is C21H16FIN4O3. The molecule has 1 amide bonds. The minimum Gasteiger partial charge on any atom is -0.486 e. The molecule has 2 heterocycles. The fraction of sp³-hybridized carbons (Fsp3) is 0.0952. The van der Waals surface area contributed by atoms with Gasteiger partial charge in [0.2, 0.25) is 5.95 Å². The molecule has 0 atom stereocenters. The molecule has 2 aromatic carbocycles. The Morgan fingerprint density at radius 3 is 2.63 bits per heavy atom. The summed E-state index contributed by atoms with van der Waals surface area (Å²) in [6.07, 6.45) is 1.49. The average Bonchev–Trinajstić information content (AvgIpc) is 3.39. The largest absolute Gasteiger partial charge is 0.486 e. The molecule has 4 rings (SSSR count). The maximum absolute atomic E-state index is 13.0. The molecule has 4 aromatic rings. The molecule has 0 aliphatic carbocycles. The lowest BCUT2D eigenvalue weighted by Crippen LogP contribution is -2.12. The van der Waals surface area contributed by atoms with Crippen molar-refractivity contribution < 1.29 is 18.3 Å². The summed E-state index contributed by atoms with van der Waals surface area (Å²) in [6, 6.07) is 17.0. The van der Waals surface area contributed by atoms with Gasteiger partial charge in [-0.05, 0) is 76.7 Å². The Balaban J connectivity index is 1.32. The summed E-state index contributed by atoms with van der Waals surface area (Å²) in [4.78, 5) is 16.4. The SMILES string of the molecule is O=C(Nc1ncn(Cc2ccc(F)cc2)n1)c1ccc(COc2ccc(I)cc2)o1. The van der Waals surface area contributed by atoms with Crippen molar-refractivity contribution >= 4 is 34.4 Å². The molecule has 0 saturated heterocycles. The number of furan rings is 1. The smallest absolute Gasteiger partial charge is 0.293 e. The standard InChI is InChI=1S/C21H16FIN4O3/c22-15-3-1-14(2-4-15)11-27-13-24-21(26-27)25-20(28)19-10-9-18(30-19)12-29-17-7-5-16(23)6-8-17/h1-10,13H,11-12H2,(H,25,26,28). The Kier molecular flexibility index (Phi) is 6.07. The molecule has 0 saturated carbocycles. The Bertz CT molecular complexity index is 1140. The monoisotopic (exact) mass is 518 g/mol. The first-order chi connectivity index (χ1) is 14.5. The number of hydrogen-bond donors (Lipinski definition) is 1. The Hall–Kier alpha value is -3.21. The van der Waals surface area contributed by atoms with Crippen LogP contribution in [-0.2, 0) is 13.2 Å². The zero-order valence-electron chi connectivity index (χ0n) is 15.6. The van der Waals surface area contributed by atoms with E-state index in [1.165, 1.54) is 18.5 Å². The molecule has 0 aliphatic rings. The number of carbonyl (C=O) groups is 1. The van der Waals surface area contributed by atoms with Crippen LogP contribution < -0.4 is 10.1 Å². The number of rotatable bonds is 7. The molecule has 2 aromatic heterocycles. The maximum atomic E-state index is 13.0. The van der Waals surface area contributed by atoms with E-state index in [9.17, 15) is 9.18 Å². The van der Waals surface area contributed by atoms with Gasteiger partial charge in [0.15, 0.2) is 5.76 Å². The quantitative estimate of drug-likeness (QED) is 0.365. The maximum Gasteiger partial charge on any atom is 0.293 e. The highest BCUT2D eigenvalue weighted by Gasteiger charge is 2.14. The normalized spacial score (nSPS) is 10.7. The predicted molar refractivity (Wildman–Crippen MR) is 116 cm³/mol. The number of amides is 1. The third-order valence-corrected chi connectivity index (χ3v) is 4.82. The van der Waals surface area contributed by atoms with Gasteiger partial charge in [-0.3, -0.25) is 10.1 Å². The molecule has 1 N–H and O–H groups in total. The van der Waals surface area contributed by atoms with E-state index in [0.717, 1.165) is 9.13 Å². The van der Waals surface area contributed by atoms with Crippen LogP contribution in [0.15, 0.2) is 71.4 Å². The summed E-state index contributed by atoms with van der Waals surface area (Å²) in [5, 5.41) is 6.79. The van der Waals surface area contributed by atoms with Crippen molar-refractivity contribution in [3.05, 3.63) is 93.5 Å². The first-order valence-electron chi connectivity index (χ1n) is 8.97. The summed E-state index contributed by atoms with van der Waals surface area (Å²) in [6.45, 7) is 0.613. The number of nitrogens with one attached hydrogen (secondary N) is 1. The van der Waals surface area contributed by atoms with E-state index in [4.69, 9.17) is 9.15 Å². The fourth-order valence-corrected chi connectivity index (χ4v) is 2.99. The van der Waals surface area contributed by atoms with Gasteiger partial charge in [-0.2, -0.15) is 0 Å². The summed E-state index contributed by atoms with van der Waals surface area (Å²) in [7, 11) is 0. The molecule has 7 nitrogen and oxygen atoms in total. The van der Waals surface area contributed by atoms with Crippen LogP contribution in [0.2, 0.25) is 0 Å². The van der Waals surface area contributed by atoms with Gasteiger partial charge in [0.05, 0.1) is 6.54 Å². The highest BCUT2D eigenvalue weighted by atomic mass is 127. The summed E-state index contributed by atoms with van der Waals surface area (Å²) < 4.78 is 26.8. The second kappa shape index (κ2) is 9.08. The molecule has 0 aliphatic heterocycles. The second-order valence-electron chi connectivity index (χ2n) is 6.35. The van der Waals surface area contributed by atoms with Crippen molar-refractivity contribution in [2.75, 3.05) is 5.32 Å². The third-order valence-electron chi connectivity index (χ3n) is 4.10. The van der Waals surface area contributed by atoms with Crippen LogP contribution in [0.4, 0.5) is 10.3 Å². The number of hydrogen-bond acceptors (Lipinski definition) is 5.